The molecule has 0 aromatic rings. The van der Waals surface area contributed by atoms with Crippen molar-refractivity contribution in [1.82, 2.24) is 0 Å². The first kappa shape index (κ1) is 7.41. The van der Waals surface area contributed by atoms with Gasteiger partial charge in [0.2, 0.25) is 0 Å². The monoisotopic (exact) mass is 111 g/mol. The predicted molar refractivity (Wildman–Crippen MR) is 34.4 cm³/mol. The van der Waals surface area contributed by atoms with Crippen LogP contribution in [0.4, 0.5) is 0 Å². The van der Waals surface area contributed by atoms with Gasteiger partial charge in [-0.1, -0.05) is 19.1 Å². The van der Waals surface area contributed by atoms with E-state index in [9.17, 15) is 4.79 Å². The lowest BCUT2D eigenvalue weighted by atomic mass is 10.3. The average Bonchev–Trinajstić information content (AvgIpc) is 1.66. The van der Waals surface area contributed by atoms with E-state index >= 15 is 0 Å². The Labute approximate surface area is 50.4 Å². The Morgan fingerprint density at radius 2 is 2.25 bits per heavy atom. The normalized spacial score (nSPS) is 10.2. The SMILES string of the molecule is [CH2]C(=O)C/C=C/CC. The molecule has 0 fully saturated rings. The third kappa shape index (κ3) is 5.41. The first-order chi connectivity index (χ1) is 3.77. The maximum atomic E-state index is 10.2. The lowest BCUT2D eigenvalue weighted by Gasteiger charge is -1.80. The molecule has 0 spiro atoms. The van der Waals surface area contributed by atoms with Gasteiger partial charge < -0.3 is 0 Å². The van der Waals surface area contributed by atoms with Gasteiger partial charge in [0.1, 0.15) is 5.78 Å². The van der Waals surface area contributed by atoms with Crippen LogP contribution in [-0.2, 0) is 4.79 Å². The summed E-state index contributed by atoms with van der Waals surface area (Å²) in [6.07, 6.45) is 5.28. The lowest BCUT2D eigenvalue weighted by molar-refractivity contribution is -0.114. The molecule has 0 unspecified atom stereocenters. The van der Waals surface area contributed by atoms with Crippen molar-refractivity contribution in [2.75, 3.05) is 0 Å². The number of hydrogen-bond donors (Lipinski definition) is 0. The molecule has 45 valence electrons. The zero-order chi connectivity index (χ0) is 6.41. The van der Waals surface area contributed by atoms with E-state index in [1.807, 2.05) is 19.1 Å². The number of carbonyl (C=O) groups excluding carboxylic acids is 1. The van der Waals surface area contributed by atoms with Crippen molar-refractivity contribution >= 4 is 5.78 Å². The maximum Gasteiger partial charge on any atom is 0.137 e. The van der Waals surface area contributed by atoms with E-state index in [4.69, 9.17) is 0 Å². The Balaban J connectivity index is 3.16. The molecule has 0 atom stereocenters. The van der Waals surface area contributed by atoms with Crippen molar-refractivity contribution in [2.45, 2.75) is 19.8 Å². The highest BCUT2D eigenvalue weighted by Gasteiger charge is 1.82. The number of ketones is 1. The van der Waals surface area contributed by atoms with Crippen molar-refractivity contribution in [3.63, 3.8) is 0 Å². The Bertz CT molecular complexity index is 92.6. The highest BCUT2D eigenvalue weighted by Crippen LogP contribution is 1.85. The first-order valence-electron chi connectivity index (χ1n) is 2.77. The summed E-state index contributed by atoms with van der Waals surface area (Å²) in [5.41, 5.74) is 0. The Hall–Kier alpha value is -0.590. The summed E-state index contributed by atoms with van der Waals surface area (Å²) in [6.45, 7) is 5.25. The Morgan fingerprint density at radius 1 is 1.62 bits per heavy atom. The van der Waals surface area contributed by atoms with Crippen LogP contribution in [0.15, 0.2) is 12.2 Å². The van der Waals surface area contributed by atoms with E-state index in [1.54, 1.807) is 0 Å². The molecule has 0 saturated carbocycles. The summed E-state index contributed by atoms with van der Waals surface area (Å²) in [5, 5.41) is 0. The van der Waals surface area contributed by atoms with E-state index in [0.717, 1.165) is 6.42 Å². The summed E-state index contributed by atoms with van der Waals surface area (Å²) in [5.74, 6) is -0.0188. The topological polar surface area (TPSA) is 17.1 Å². The molecule has 1 nitrogen and oxygen atoms in total. The average molecular weight is 111 g/mol. The first-order valence-corrected chi connectivity index (χ1v) is 2.77. The smallest absolute Gasteiger partial charge is 0.137 e. The van der Waals surface area contributed by atoms with Gasteiger partial charge in [-0.15, -0.1) is 0 Å². The molecule has 0 saturated heterocycles. The Kier molecular flexibility index (Phi) is 4.23. The number of Topliss-reactive ketones (excluding diaryl/α,β-unsaturated/α-hetero) is 1. The highest BCUT2D eigenvalue weighted by atomic mass is 16.1. The van der Waals surface area contributed by atoms with Crippen LogP contribution in [0.1, 0.15) is 19.8 Å². The summed E-state index contributed by atoms with van der Waals surface area (Å²) in [6, 6.07) is 0. The molecule has 0 aliphatic carbocycles. The van der Waals surface area contributed by atoms with Gasteiger partial charge in [0, 0.05) is 13.3 Å². The van der Waals surface area contributed by atoms with Gasteiger partial charge in [-0.25, -0.2) is 0 Å². The van der Waals surface area contributed by atoms with Crippen LogP contribution in [0.3, 0.4) is 0 Å². The van der Waals surface area contributed by atoms with Gasteiger partial charge in [0.25, 0.3) is 0 Å². The fourth-order valence-corrected chi connectivity index (χ4v) is 0.381. The fraction of sp³-hybridized carbons (Fsp3) is 0.429. The fourth-order valence-electron chi connectivity index (χ4n) is 0.381. The molecule has 0 aromatic carbocycles. The third-order valence-electron chi connectivity index (χ3n) is 0.748. The largest absolute Gasteiger partial charge is 0.299 e. The van der Waals surface area contributed by atoms with Crippen molar-refractivity contribution in [3.8, 4) is 0 Å². The van der Waals surface area contributed by atoms with Gasteiger partial charge in [0.15, 0.2) is 0 Å². The maximum absolute atomic E-state index is 10.2. The molecule has 0 N–H and O–H groups in total. The molecule has 1 radical (unpaired) electrons. The third-order valence-corrected chi connectivity index (χ3v) is 0.748. The van der Waals surface area contributed by atoms with E-state index in [0.29, 0.717) is 6.42 Å². The summed E-state index contributed by atoms with van der Waals surface area (Å²) in [4.78, 5) is 10.2. The summed E-state index contributed by atoms with van der Waals surface area (Å²) < 4.78 is 0. The van der Waals surface area contributed by atoms with Crippen LogP contribution in [0.5, 0.6) is 0 Å². The van der Waals surface area contributed by atoms with Crippen molar-refractivity contribution in [2.24, 2.45) is 0 Å². The van der Waals surface area contributed by atoms with Crippen LogP contribution in [-0.4, -0.2) is 5.78 Å². The molecule has 0 aromatic heterocycles. The second-order valence-corrected chi connectivity index (χ2v) is 1.62. The van der Waals surface area contributed by atoms with Crippen LogP contribution in [0.25, 0.3) is 0 Å². The minimum atomic E-state index is -0.0188. The second kappa shape index (κ2) is 4.57. The zero-order valence-corrected chi connectivity index (χ0v) is 5.18. The standard InChI is InChI=1S/C7H11O/c1-3-4-5-6-7(2)8/h4-5H,2-3,6H2,1H3/b5-4+. The van der Waals surface area contributed by atoms with Gasteiger partial charge in [0.05, 0.1) is 0 Å². The minimum absolute atomic E-state index is 0.0188. The second-order valence-electron chi connectivity index (χ2n) is 1.62. The van der Waals surface area contributed by atoms with Crippen LogP contribution in [0.2, 0.25) is 0 Å². The Morgan fingerprint density at radius 3 is 2.62 bits per heavy atom. The molecular weight excluding hydrogens is 100 g/mol. The van der Waals surface area contributed by atoms with Crippen LogP contribution >= 0.6 is 0 Å². The molecule has 0 amide bonds. The number of rotatable bonds is 3. The van der Waals surface area contributed by atoms with Crippen molar-refractivity contribution in [1.29, 1.82) is 0 Å². The molecule has 8 heavy (non-hydrogen) atoms. The van der Waals surface area contributed by atoms with E-state index < -0.39 is 0 Å². The zero-order valence-electron chi connectivity index (χ0n) is 5.18. The summed E-state index contributed by atoms with van der Waals surface area (Å²) in [7, 11) is 0. The van der Waals surface area contributed by atoms with E-state index in [1.165, 1.54) is 0 Å². The quantitative estimate of drug-likeness (QED) is 0.507. The van der Waals surface area contributed by atoms with Gasteiger partial charge >= 0.3 is 0 Å². The van der Waals surface area contributed by atoms with Crippen molar-refractivity contribution in [3.05, 3.63) is 19.1 Å². The number of hydrogen-bond acceptors (Lipinski definition) is 1. The predicted octanol–water partition coefficient (Wildman–Crippen LogP) is 1.75. The molecule has 0 aliphatic heterocycles. The van der Waals surface area contributed by atoms with Crippen LogP contribution < -0.4 is 0 Å². The molecule has 0 heterocycles. The van der Waals surface area contributed by atoms with E-state index in [2.05, 4.69) is 6.92 Å². The van der Waals surface area contributed by atoms with Gasteiger partial charge in [-0.05, 0) is 6.42 Å². The van der Waals surface area contributed by atoms with E-state index in [-0.39, 0.29) is 5.78 Å². The number of allylic oxidation sites excluding steroid dienone is 2. The molecule has 1 heteroatoms. The number of carbonyl (C=O) groups is 1. The molecule has 0 aliphatic rings. The minimum Gasteiger partial charge on any atom is -0.299 e. The van der Waals surface area contributed by atoms with Gasteiger partial charge in [-0.2, -0.15) is 0 Å². The van der Waals surface area contributed by atoms with Gasteiger partial charge in [-0.3, -0.25) is 4.79 Å². The van der Waals surface area contributed by atoms with Crippen molar-refractivity contribution < 1.29 is 4.79 Å². The molecule has 0 bridgehead atoms. The van der Waals surface area contributed by atoms with Crippen LogP contribution in [0, 0.1) is 6.92 Å². The lowest BCUT2D eigenvalue weighted by Crippen LogP contribution is -1.83. The molecular formula is C7H11O. The highest BCUT2D eigenvalue weighted by molar-refractivity contribution is 5.83. The molecule has 0 rings (SSSR count). The summed E-state index contributed by atoms with van der Waals surface area (Å²) >= 11 is 0.